The highest BCUT2D eigenvalue weighted by Gasteiger charge is 2.16. The van der Waals surface area contributed by atoms with Gasteiger partial charge in [-0.15, -0.1) is 0 Å². The number of aliphatic hydroxyl groups is 1. The molecule has 0 bridgehead atoms. The first-order valence-electron chi connectivity index (χ1n) is 13.0. The van der Waals surface area contributed by atoms with Crippen LogP contribution < -0.4 is 9.64 Å². The van der Waals surface area contributed by atoms with E-state index in [-0.39, 0.29) is 30.3 Å². The van der Waals surface area contributed by atoms with Crippen molar-refractivity contribution in [1.82, 2.24) is 0 Å². The average Bonchev–Trinajstić information content (AvgIpc) is 2.94. The number of hydrogen-bond donors (Lipinski definition) is 3. The standard InChI is InChI=1S/C16H25NO2.C15H14O4/c1-4-6-9-13(5-2)12-17(3)15-11-8-7-10-14(15)16(18)19;16-8-9-19-12-6-7-13(14(17)10-12)15(18)11-4-2-1-3-5-11/h7-8,10-11,13H,4-6,9,12H2,1-3H3,(H,18,19);1-7,10,16-17H,8-9H2. The van der Waals surface area contributed by atoms with Gasteiger partial charge in [0.2, 0.25) is 0 Å². The molecule has 0 radical (unpaired) electrons. The van der Waals surface area contributed by atoms with E-state index in [9.17, 15) is 19.8 Å². The molecule has 1 atom stereocenters. The van der Waals surface area contributed by atoms with Gasteiger partial charge in [0.25, 0.3) is 0 Å². The molecule has 0 fully saturated rings. The van der Waals surface area contributed by atoms with E-state index in [4.69, 9.17) is 9.84 Å². The molecule has 3 rings (SSSR count). The smallest absolute Gasteiger partial charge is 0.337 e. The number of phenolic OH excluding ortho intramolecular Hbond substituents is 1. The van der Waals surface area contributed by atoms with Crippen LogP contribution >= 0.6 is 0 Å². The third-order valence-corrected chi connectivity index (χ3v) is 6.23. The number of carboxylic acid groups (broad SMARTS) is 1. The lowest BCUT2D eigenvalue weighted by Crippen LogP contribution is -2.26. The van der Waals surface area contributed by atoms with Crippen LogP contribution in [0.4, 0.5) is 5.69 Å². The zero-order valence-electron chi connectivity index (χ0n) is 22.5. The molecule has 0 spiro atoms. The average molecular weight is 522 g/mol. The normalized spacial score (nSPS) is 11.2. The second-order valence-electron chi connectivity index (χ2n) is 9.07. The number of rotatable bonds is 13. The summed E-state index contributed by atoms with van der Waals surface area (Å²) in [5, 5.41) is 27.7. The molecule has 204 valence electrons. The van der Waals surface area contributed by atoms with Gasteiger partial charge >= 0.3 is 5.97 Å². The number of ketones is 1. The summed E-state index contributed by atoms with van der Waals surface area (Å²) < 4.78 is 5.16. The van der Waals surface area contributed by atoms with Crippen LogP contribution in [0.5, 0.6) is 11.5 Å². The number of carboxylic acids is 1. The molecule has 0 aliphatic carbocycles. The summed E-state index contributed by atoms with van der Waals surface area (Å²) in [6.45, 7) is 5.37. The predicted molar refractivity (Wildman–Crippen MR) is 151 cm³/mol. The molecule has 1 unspecified atom stereocenters. The van der Waals surface area contributed by atoms with Gasteiger partial charge < -0.3 is 25.0 Å². The Kier molecular flexibility index (Phi) is 12.9. The molecule has 0 aliphatic heterocycles. The zero-order chi connectivity index (χ0) is 27.9. The van der Waals surface area contributed by atoms with Crippen molar-refractivity contribution in [1.29, 1.82) is 0 Å². The number of nitrogens with zero attached hydrogens (tertiary/aromatic N) is 1. The molecule has 0 aliphatic rings. The van der Waals surface area contributed by atoms with E-state index in [2.05, 4.69) is 18.7 Å². The molecule has 3 aromatic carbocycles. The quantitative estimate of drug-likeness (QED) is 0.236. The van der Waals surface area contributed by atoms with Crippen LogP contribution in [0.25, 0.3) is 0 Å². The molecule has 7 heteroatoms. The maximum absolute atomic E-state index is 12.2. The van der Waals surface area contributed by atoms with Crippen LogP contribution in [-0.2, 0) is 0 Å². The van der Waals surface area contributed by atoms with Crippen molar-refractivity contribution in [2.75, 3.05) is 31.7 Å². The molecule has 3 N–H and O–H groups in total. The van der Waals surface area contributed by atoms with Crippen LogP contribution in [0.3, 0.4) is 0 Å². The van der Waals surface area contributed by atoms with Gasteiger partial charge in [0.1, 0.15) is 18.1 Å². The van der Waals surface area contributed by atoms with Gasteiger partial charge in [0, 0.05) is 25.2 Å². The summed E-state index contributed by atoms with van der Waals surface area (Å²) in [6, 6.07) is 20.4. The number of ether oxygens (including phenoxy) is 1. The molecule has 38 heavy (non-hydrogen) atoms. The first kappa shape index (κ1) is 30.4. The summed E-state index contributed by atoms with van der Waals surface area (Å²) in [5.41, 5.74) is 1.93. The van der Waals surface area contributed by atoms with Crippen molar-refractivity contribution in [2.24, 2.45) is 5.92 Å². The third kappa shape index (κ3) is 9.23. The van der Waals surface area contributed by atoms with Gasteiger partial charge in [0.15, 0.2) is 5.78 Å². The minimum Gasteiger partial charge on any atom is -0.507 e. The van der Waals surface area contributed by atoms with E-state index >= 15 is 0 Å². The Morgan fingerprint density at radius 1 is 0.947 bits per heavy atom. The van der Waals surface area contributed by atoms with E-state index < -0.39 is 5.97 Å². The van der Waals surface area contributed by atoms with Gasteiger partial charge in [-0.3, -0.25) is 4.79 Å². The maximum Gasteiger partial charge on any atom is 0.337 e. The van der Waals surface area contributed by atoms with E-state index in [0.29, 0.717) is 22.8 Å². The van der Waals surface area contributed by atoms with Crippen LogP contribution in [0, 0.1) is 5.92 Å². The lowest BCUT2D eigenvalue weighted by molar-refractivity contribution is 0.0697. The highest BCUT2D eigenvalue weighted by atomic mass is 16.5. The number of carbonyl (C=O) groups is 2. The summed E-state index contributed by atoms with van der Waals surface area (Å²) in [6.07, 6.45) is 4.81. The van der Waals surface area contributed by atoms with Gasteiger partial charge in [0.05, 0.1) is 23.4 Å². The number of phenols is 1. The molecule has 0 heterocycles. The Balaban J connectivity index is 0.000000267. The van der Waals surface area contributed by atoms with Gasteiger partial charge in [-0.25, -0.2) is 4.79 Å². The lowest BCUT2D eigenvalue weighted by Gasteiger charge is -2.26. The molecule has 0 saturated heterocycles. The lowest BCUT2D eigenvalue weighted by atomic mass is 9.98. The van der Waals surface area contributed by atoms with Crippen LogP contribution in [0.2, 0.25) is 0 Å². The van der Waals surface area contributed by atoms with E-state index in [1.165, 1.54) is 31.4 Å². The van der Waals surface area contributed by atoms with E-state index in [1.807, 2.05) is 25.2 Å². The van der Waals surface area contributed by atoms with E-state index in [0.717, 1.165) is 18.7 Å². The van der Waals surface area contributed by atoms with Crippen LogP contribution in [-0.4, -0.2) is 53.9 Å². The third-order valence-electron chi connectivity index (χ3n) is 6.23. The van der Waals surface area contributed by atoms with Gasteiger partial charge in [-0.05, 0) is 36.6 Å². The second kappa shape index (κ2) is 16.1. The summed E-state index contributed by atoms with van der Waals surface area (Å²) in [7, 11) is 1.98. The Morgan fingerprint density at radius 2 is 1.63 bits per heavy atom. The number of anilines is 1. The van der Waals surface area contributed by atoms with Crippen molar-refractivity contribution in [3.05, 3.63) is 89.5 Å². The molecule has 0 amide bonds. The fraction of sp³-hybridized carbons (Fsp3) is 0.355. The number of benzene rings is 3. The fourth-order valence-electron chi connectivity index (χ4n) is 4.09. The number of aromatic hydroxyl groups is 1. The van der Waals surface area contributed by atoms with Crippen molar-refractivity contribution in [3.63, 3.8) is 0 Å². The van der Waals surface area contributed by atoms with Crippen LogP contribution in [0.1, 0.15) is 65.8 Å². The number of carbonyl (C=O) groups excluding carboxylic acids is 1. The van der Waals surface area contributed by atoms with Crippen molar-refractivity contribution in [3.8, 4) is 11.5 Å². The summed E-state index contributed by atoms with van der Waals surface area (Å²) >= 11 is 0. The first-order chi connectivity index (χ1) is 18.3. The Morgan fingerprint density at radius 3 is 2.24 bits per heavy atom. The minimum absolute atomic E-state index is 0.106. The fourth-order valence-corrected chi connectivity index (χ4v) is 4.09. The topological polar surface area (TPSA) is 107 Å². The predicted octanol–water partition coefficient (Wildman–Crippen LogP) is 6.03. The van der Waals surface area contributed by atoms with Crippen LogP contribution in [0.15, 0.2) is 72.8 Å². The maximum atomic E-state index is 12.2. The Labute approximate surface area is 225 Å². The molecule has 0 aromatic heterocycles. The van der Waals surface area contributed by atoms with Crippen molar-refractivity contribution in [2.45, 2.75) is 39.5 Å². The molecule has 3 aromatic rings. The second-order valence-corrected chi connectivity index (χ2v) is 9.07. The Hall–Kier alpha value is -3.84. The summed E-state index contributed by atoms with van der Waals surface area (Å²) in [5.74, 6) is -0.192. The number of aliphatic hydroxyl groups excluding tert-OH is 1. The highest BCUT2D eigenvalue weighted by molar-refractivity contribution is 6.10. The SMILES string of the molecule is CCCCC(CC)CN(C)c1ccccc1C(=O)O.O=C(c1ccccc1)c1ccc(OCCO)cc1O. The number of hydrogen-bond acceptors (Lipinski definition) is 6. The Bertz CT molecular complexity index is 1150. The van der Waals surface area contributed by atoms with Crippen molar-refractivity contribution < 1.29 is 29.6 Å². The van der Waals surface area contributed by atoms with E-state index in [1.54, 1.807) is 42.5 Å². The summed E-state index contributed by atoms with van der Waals surface area (Å²) in [4.78, 5) is 25.5. The number of para-hydroxylation sites is 1. The minimum atomic E-state index is -0.857. The first-order valence-corrected chi connectivity index (χ1v) is 13.0. The van der Waals surface area contributed by atoms with Crippen molar-refractivity contribution >= 4 is 17.4 Å². The monoisotopic (exact) mass is 521 g/mol. The molecular weight excluding hydrogens is 482 g/mol. The molecule has 0 saturated carbocycles. The molecular formula is C31H39NO6. The van der Waals surface area contributed by atoms with Gasteiger partial charge in [-0.1, -0.05) is 75.6 Å². The highest BCUT2D eigenvalue weighted by Crippen LogP contribution is 2.26. The number of aromatic carboxylic acids is 1. The zero-order valence-corrected chi connectivity index (χ0v) is 22.5. The molecule has 7 nitrogen and oxygen atoms in total. The number of unbranched alkanes of at least 4 members (excludes halogenated alkanes) is 1. The largest absolute Gasteiger partial charge is 0.507 e. The van der Waals surface area contributed by atoms with Gasteiger partial charge in [-0.2, -0.15) is 0 Å².